The number of carbonyl (C=O) groups is 1. The Morgan fingerprint density at radius 3 is 2.54 bits per heavy atom. The molecular formula is C21H18N4O3. The smallest absolute Gasteiger partial charge is 0.269 e. The van der Waals surface area contributed by atoms with Crippen LogP contribution in [0.5, 0.6) is 11.6 Å². The molecule has 2 N–H and O–H groups in total. The van der Waals surface area contributed by atoms with E-state index in [-0.39, 0.29) is 17.0 Å². The Bertz CT molecular complexity index is 1210. The summed E-state index contributed by atoms with van der Waals surface area (Å²) < 4.78 is 7.25. The molecule has 2 aromatic heterocycles. The zero-order chi connectivity index (χ0) is 20.4. The quantitative estimate of drug-likeness (QED) is 0.558. The Hall–Kier alpha value is -3.92. The highest BCUT2D eigenvalue weighted by atomic mass is 16.5. The van der Waals surface area contributed by atoms with Crippen molar-refractivity contribution < 1.29 is 9.53 Å². The van der Waals surface area contributed by atoms with Crippen LogP contribution in [0.2, 0.25) is 0 Å². The molecule has 140 valence electrons. The van der Waals surface area contributed by atoms with E-state index in [2.05, 4.69) is 4.98 Å². The number of nitrogens with zero attached hydrogens (tertiary/aromatic N) is 3. The average molecular weight is 374 g/mol. The van der Waals surface area contributed by atoms with Gasteiger partial charge in [-0.3, -0.25) is 14.0 Å². The summed E-state index contributed by atoms with van der Waals surface area (Å²) in [6, 6.07) is 10.8. The maximum atomic E-state index is 13.0. The lowest BCUT2D eigenvalue weighted by atomic mass is 10.1. The Balaban J connectivity index is 2.31. The summed E-state index contributed by atoms with van der Waals surface area (Å²) in [5, 5.41) is 9.17. The van der Waals surface area contributed by atoms with Crippen LogP contribution in [0.15, 0.2) is 46.9 Å². The first-order valence-electron chi connectivity index (χ1n) is 8.50. The summed E-state index contributed by atoms with van der Waals surface area (Å²) >= 11 is 0. The molecule has 2 heterocycles. The van der Waals surface area contributed by atoms with Gasteiger partial charge in [0, 0.05) is 6.20 Å². The maximum absolute atomic E-state index is 13.0. The van der Waals surface area contributed by atoms with E-state index >= 15 is 0 Å². The second-order valence-corrected chi connectivity index (χ2v) is 6.48. The number of nitrogens with two attached hydrogens (primary N) is 1. The predicted molar refractivity (Wildman–Crippen MR) is 105 cm³/mol. The van der Waals surface area contributed by atoms with Crippen LogP contribution >= 0.6 is 0 Å². The molecule has 1 amide bonds. The van der Waals surface area contributed by atoms with Crippen molar-refractivity contribution in [3.8, 4) is 17.7 Å². The maximum Gasteiger partial charge on any atom is 0.269 e. The SMILES string of the molecule is Cc1cc(C)cc(Oc2nc3c(C)cccn3c(=O)c2/C=C(\C#N)C(N)=O)c1. The topological polar surface area (TPSA) is 110 Å². The van der Waals surface area contributed by atoms with Gasteiger partial charge in [0.1, 0.15) is 28.6 Å². The van der Waals surface area contributed by atoms with Crippen LogP contribution in [0.4, 0.5) is 0 Å². The number of primary amides is 1. The van der Waals surface area contributed by atoms with Gasteiger partial charge in [-0.15, -0.1) is 0 Å². The molecule has 0 aliphatic rings. The second kappa shape index (κ2) is 7.37. The normalized spacial score (nSPS) is 11.3. The van der Waals surface area contributed by atoms with Gasteiger partial charge in [0.25, 0.3) is 11.5 Å². The first-order valence-corrected chi connectivity index (χ1v) is 8.50. The number of aromatic nitrogens is 2. The molecule has 0 fully saturated rings. The molecule has 7 nitrogen and oxygen atoms in total. The van der Waals surface area contributed by atoms with Gasteiger partial charge < -0.3 is 10.5 Å². The molecule has 0 unspecified atom stereocenters. The number of rotatable bonds is 4. The fraction of sp³-hybridized carbons (Fsp3) is 0.143. The summed E-state index contributed by atoms with van der Waals surface area (Å²) in [6.45, 7) is 5.67. The van der Waals surface area contributed by atoms with Crippen LogP contribution in [-0.2, 0) is 4.79 Å². The largest absolute Gasteiger partial charge is 0.438 e. The number of aryl methyl sites for hydroxylation is 3. The highest BCUT2D eigenvalue weighted by molar-refractivity contribution is 6.00. The van der Waals surface area contributed by atoms with E-state index in [0.717, 1.165) is 22.8 Å². The molecule has 0 aliphatic carbocycles. The van der Waals surface area contributed by atoms with Crippen LogP contribution in [0.1, 0.15) is 22.3 Å². The molecule has 0 radical (unpaired) electrons. The highest BCUT2D eigenvalue weighted by Gasteiger charge is 2.17. The number of hydrogen-bond donors (Lipinski definition) is 1. The van der Waals surface area contributed by atoms with Gasteiger partial charge in [-0.1, -0.05) is 12.1 Å². The zero-order valence-corrected chi connectivity index (χ0v) is 15.7. The number of pyridine rings is 1. The summed E-state index contributed by atoms with van der Waals surface area (Å²) in [6.07, 6.45) is 2.68. The van der Waals surface area contributed by atoms with Crippen LogP contribution in [0.25, 0.3) is 11.7 Å². The molecule has 0 bridgehead atoms. The molecule has 0 saturated heterocycles. The Morgan fingerprint density at radius 1 is 1.25 bits per heavy atom. The summed E-state index contributed by atoms with van der Waals surface area (Å²) in [5.74, 6) is -0.443. The van der Waals surface area contributed by atoms with Gasteiger partial charge in [-0.25, -0.2) is 0 Å². The van der Waals surface area contributed by atoms with Gasteiger partial charge in [-0.2, -0.15) is 10.2 Å². The van der Waals surface area contributed by atoms with Crippen LogP contribution in [0.3, 0.4) is 0 Å². The Kier molecular flexibility index (Phi) is 4.96. The lowest BCUT2D eigenvalue weighted by Gasteiger charge is -2.12. The number of ether oxygens (including phenoxy) is 1. The van der Waals surface area contributed by atoms with Crippen molar-refractivity contribution in [2.45, 2.75) is 20.8 Å². The molecular weight excluding hydrogens is 356 g/mol. The van der Waals surface area contributed by atoms with Gasteiger partial charge >= 0.3 is 0 Å². The van der Waals surface area contributed by atoms with Crippen molar-refractivity contribution in [2.75, 3.05) is 0 Å². The van der Waals surface area contributed by atoms with E-state index < -0.39 is 11.5 Å². The van der Waals surface area contributed by atoms with E-state index in [1.54, 1.807) is 30.5 Å². The molecule has 3 aromatic rings. The molecule has 0 aliphatic heterocycles. The van der Waals surface area contributed by atoms with E-state index in [1.165, 1.54) is 4.40 Å². The fourth-order valence-electron chi connectivity index (χ4n) is 2.90. The number of nitriles is 1. The monoisotopic (exact) mass is 374 g/mol. The number of amides is 1. The summed E-state index contributed by atoms with van der Waals surface area (Å²) in [7, 11) is 0. The van der Waals surface area contributed by atoms with E-state index in [4.69, 9.17) is 10.5 Å². The van der Waals surface area contributed by atoms with E-state index in [1.807, 2.05) is 32.9 Å². The Labute approximate surface area is 161 Å². The van der Waals surface area contributed by atoms with Gasteiger partial charge in [0.05, 0.1) is 0 Å². The van der Waals surface area contributed by atoms with Crippen molar-refractivity contribution >= 4 is 17.6 Å². The third-order valence-corrected chi connectivity index (χ3v) is 4.13. The van der Waals surface area contributed by atoms with E-state index in [0.29, 0.717) is 11.4 Å². The van der Waals surface area contributed by atoms with Crippen molar-refractivity contribution in [1.29, 1.82) is 5.26 Å². The minimum Gasteiger partial charge on any atom is -0.438 e. The molecule has 28 heavy (non-hydrogen) atoms. The average Bonchev–Trinajstić information content (AvgIpc) is 2.61. The minimum absolute atomic E-state index is 0.00157. The fourth-order valence-corrected chi connectivity index (χ4v) is 2.90. The zero-order valence-electron chi connectivity index (χ0n) is 15.7. The number of fused-ring (bicyclic) bond motifs is 1. The van der Waals surface area contributed by atoms with Crippen molar-refractivity contribution in [3.05, 3.63) is 74.7 Å². The lowest BCUT2D eigenvalue weighted by molar-refractivity contribution is -0.114. The molecule has 0 spiro atoms. The van der Waals surface area contributed by atoms with Gasteiger partial charge in [0.15, 0.2) is 0 Å². The number of benzene rings is 1. The van der Waals surface area contributed by atoms with Crippen molar-refractivity contribution in [1.82, 2.24) is 9.38 Å². The Morgan fingerprint density at radius 2 is 1.93 bits per heavy atom. The molecule has 0 saturated carbocycles. The highest BCUT2D eigenvalue weighted by Crippen LogP contribution is 2.26. The van der Waals surface area contributed by atoms with Crippen molar-refractivity contribution in [3.63, 3.8) is 0 Å². The predicted octanol–water partition coefficient (Wildman–Crippen LogP) is 2.80. The first kappa shape index (κ1) is 18.9. The number of hydrogen-bond acceptors (Lipinski definition) is 5. The minimum atomic E-state index is -0.936. The van der Waals surface area contributed by atoms with Crippen LogP contribution < -0.4 is 16.0 Å². The first-order chi connectivity index (χ1) is 13.3. The lowest BCUT2D eigenvalue weighted by Crippen LogP contribution is -2.20. The third-order valence-electron chi connectivity index (χ3n) is 4.13. The van der Waals surface area contributed by atoms with Crippen LogP contribution in [0, 0.1) is 32.1 Å². The van der Waals surface area contributed by atoms with Crippen LogP contribution in [-0.4, -0.2) is 15.3 Å². The molecule has 7 heteroatoms. The molecule has 0 atom stereocenters. The van der Waals surface area contributed by atoms with E-state index in [9.17, 15) is 14.9 Å². The molecule has 1 aromatic carbocycles. The molecule has 3 rings (SSSR count). The van der Waals surface area contributed by atoms with Gasteiger partial charge in [-0.05, 0) is 61.7 Å². The third kappa shape index (κ3) is 3.62. The standard InChI is InChI=1S/C21H18N4O3/c1-12-7-13(2)9-16(8-12)28-20-17(10-15(11-22)18(23)26)21(27)25-6-4-5-14(3)19(25)24-20/h4-10H,1-3H3,(H2,23,26)/b15-10+. The second-order valence-electron chi connectivity index (χ2n) is 6.48. The number of carbonyl (C=O) groups excluding carboxylic acids is 1. The summed E-state index contributed by atoms with van der Waals surface area (Å²) in [4.78, 5) is 29.0. The van der Waals surface area contributed by atoms with Crippen molar-refractivity contribution in [2.24, 2.45) is 5.73 Å². The van der Waals surface area contributed by atoms with Gasteiger partial charge in [0.2, 0.25) is 5.88 Å². The summed E-state index contributed by atoms with van der Waals surface area (Å²) in [5.41, 5.74) is 7.52.